The summed E-state index contributed by atoms with van der Waals surface area (Å²) in [6, 6.07) is 0.483. The van der Waals surface area contributed by atoms with Gasteiger partial charge in [0.25, 0.3) is 0 Å². The Labute approximate surface area is 94.6 Å². The van der Waals surface area contributed by atoms with Gasteiger partial charge in [0.1, 0.15) is 0 Å². The maximum absolute atomic E-state index is 9.45. The van der Waals surface area contributed by atoms with Crippen molar-refractivity contribution in [3.05, 3.63) is 0 Å². The van der Waals surface area contributed by atoms with Gasteiger partial charge in [-0.05, 0) is 25.8 Å². The first-order valence-electron chi connectivity index (χ1n) is 5.84. The second-order valence-corrected chi connectivity index (χ2v) is 5.56. The van der Waals surface area contributed by atoms with E-state index in [0.29, 0.717) is 6.04 Å². The minimum Gasteiger partial charge on any atom is -0.395 e. The predicted molar refractivity (Wildman–Crippen MR) is 65.8 cm³/mol. The maximum Gasteiger partial charge on any atom is 0.0602 e. The van der Waals surface area contributed by atoms with Gasteiger partial charge in [-0.25, -0.2) is 0 Å². The molecule has 0 aromatic rings. The predicted octanol–water partition coefficient (Wildman–Crippen LogP) is 1.45. The van der Waals surface area contributed by atoms with Crippen molar-refractivity contribution >= 4 is 0 Å². The van der Waals surface area contributed by atoms with E-state index in [4.69, 9.17) is 5.73 Å². The van der Waals surface area contributed by atoms with Crippen molar-refractivity contribution in [1.82, 2.24) is 4.90 Å². The molecule has 3 unspecified atom stereocenters. The number of hydrogen-bond donors (Lipinski definition) is 2. The molecule has 0 bridgehead atoms. The highest BCUT2D eigenvalue weighted by Gasteiger charge is 2.32. The normalized spacial score (nSPS) is 19.0. The van der Waals surface area contributed by atoms with Crippen LogP contribution in [0.4, 0.5) is 0 Å². The fourth-order valence-electron chi connectivity index (χ4n) is 1.69. The lowest BCUT2D eigenvalue weighted by Crippen LogP contribution is -2.56. The van der Waals surface area contributed by atoms with Crippen molar-refractivity contribution in [2.45, 2.75) is 59.2 Å². The third-order valence-corrected chi connectivity index (χ3v) is 3.41. The van der Waals surface area contributed by atoms with Crippen molar-refractivity contribution in [1.29, 1.82) is 0 Å². The molecule has 0 aliphatic heterocycles. The average molecular weight is 216 g/mol. The molecule has 0 rings (SSSR count). The van der Waals surface area contributed by atoms with Crippen LogP contribution in [-0.4, -0.2) is 41.8 Å². The van der Waals surface area contributed by atoms with Crippen LogP contribution in [0.25, 0.3) is 0 Å². The molecule has 0 aromatic carbocycles. The highest BCUT2D eigenvalue weighted by molar-refractivity contribution is 4.90. The number of hydrogen-bond acceptors (Lipinski definition) is 3. The number of rotatable bonds is 5. The number of aliphatic hydroxyl groups excluding tert-OH is 1. The molecule has 0 spiro atoms. The molecule has 0 radical (unpaired) electrons. The molecule has 0 aliphatic carbocycles. The van der Waals surface area contributed by atoms with Crippen molar-refractivity contribution < 1.29 is 5.11 Å². The van der Waals surface area contributed by atoms with Crippen LogP contribution in [0.1, 0.15) is 41.0 Å². The van der Waals surface area contributed by atoms with Crippen molar-refractivity contribution in [2.75, 3.05) is 13.7 Å². The minimum absolute atomic E-state index is 0.0125. The molecular formula is C12H28N2O. The second-order valence-electron chi connectivity index (χ2n) is 5.56. The zero-order valence-electron chi connectivity index (χ0n) is 11.1. The van der Waals surface area contributed by atoms with E-state index in [1.165, 1.54) is 0 Å². The molecule has 0 heterocycles. The lowest BCUT2D eigenvalue weighted by molar-refractivity contribution is 0.0640. The van der Waals surface area contributed by atoms with Gasteiger partial charge in [-0.3, -0.25) is 4.90 Å². The summed E-state index contributed by atoms with van der Waals surface area (Å²) in [5.74, 6) is 0. The Hall–Kier alpha value is -0.120. The van der Waals surface area contributed by atoms with Crippen LogP contribution < -0.4 is 5.73 Å². The standard InChI is InChI=1S/C12H28N2O/c1-7-9(2)14(6)10(8-15)11(13)12(3,4)5/h9-11,15H,7-8,13H2,1-6H3. The maximum atomic E-state index is 9.45. The van der Waals surface area contributed by atoms with Gasteiger partial charge < -0.3 is 10.8 Å². The van der Waals surface area contributed by atoms with Crippen molar-refractivity contribution in [2.24, 2.45) is 11.1 Å². The smallest absolute Gasteiger partial charge is 0.0602 e. The lowest BCUT2D eigenvalue weighted by atomic mass is 9.82. The van der Waals surface area contributed by atoms with Gasteiger partial charge in [0.15, 0.2) is 0 Å². The fourth-order valence-corrected chi connectivity index (χ4v) is 1.69. The zero-order valence-corrected chi connectivity index (χ0v) is 11.1. The van der Waals surface area contributed by atoms with E-state index in [0.717, 1.165) is 6.42 Å². The first kappa shape index (κ1) is 14.9. The summed E-state index contributed by atoms with van der Waals surface area (Å²) in [6.45, 7) is 10.8. The van der Waals surface area contributed by atoms with Gasteiger partial charge in [0.2, 0.25) is 0 Å². The number of nitrogens with two attached hydrogens (primary N) is 1. The Bertz CT molecular complexity index is 177. The fraction of sp³-hybridized carbons (Fsp3) is 1.00. The van der Waals surface area contributed by atoms with Gasteiger partial charge in [-0.2, -0.15) is 0 Å². The first-order chi connectivity index (χ1) is 6.75. The van der Waals surface area contributed by atoms with E-state index >= 15 is 0 Å². The van der Waals surface area contributed by atoms with Crippen LogP contribution in [0.2, 0.25) is 0 Å². The van der Waals surface area contributed by atoms with Crippen LogP contribution in [0.3, 0.4) is 0 Å². The monoisotopic (exact) mass is 216 g/mol. The Balaban J connectivity index is 4.61. The Morgan fingerprint density at radius 2 is 1.80 bits per heavy atom. The van der Waals surface area contributed by atoms with Gasteiger partial charge >= 0.3 is 0 Å². The van der Waals surface area contributed by atoms with E-state index in [1.54, 1.807) is 0 Å². The Kier molecular flexibility index (Phi) is 5.78. The molecule has 0 amide bonds. The second kappa shape index (κ2) is 5.83. The SMILES string of the molecule is CCC(C)N(C)C(CO)C(N)C(C)(C)C. The van der Waals surface area contributed by atoms with Crippen LogP contribution in [0.15, 0.2) is 0 Å². The molecule has 15 heavy (non-hydrogen) atoms. The molecule has 0 fully saturated rings. The van der Waals surface area contributed by atoms with Crippen molar-refractivity contribution in [3.8, 4) is 0 Å². The van der Waals surface area contributed by atoms with E-state index in [1.807, 2.05) is 7.05 Å². The molecule has 0 aliphatic rings. The van der Waals surface area contributed by atoms with Crippen LogP contribution in [0, 0.1) is 5.41 Å². The molecule has 3 atom stereocenters. The summed E-state index contributed by atoms with van der Waals surface area (Å²) in [7, 11) is 2.04. The molecule has 92 valence electrons. The van der Waals surface area contributed by atoms with Crippen molar-refractivity contribution in [3.63, 3.8) is 0 Å². The molecule has 0 aromatic heterocycles. The quantitative estimate of drug-likeness (QED) is 0.731. The van der Waals surface area contributed by atoms with Crippen LogP contribution >= 0.6 is 0 Å². The van der Waals surface area contributed by atoms with E-state index in [2.05, 4.69) is 39.5 Å². The topological polar surface area (TPSA) is 49.5 Å². The third kappa shape index (κ3) is 4.09. The number of likely N-dealkylation sites (N-methyl/N-ethyl adjacent to an activating group) is 1. The van der Waals surface area contributed by atoms with Crippen LogP contribution in [-0.2, 0) is 0 Å². The summed E-state index contributed by atoms with van der Waals surface area (Å²) in [6.07, 6.45) is 1.07. The van der Waals surface area contributed by atoms with Crippen LogP contribution in [0.5, 0.6) is 0 Å². The minimum atomic E-state index is -0.0125. The largest absolute Gasteiger partial charge is 0.395 e. The summed E-state index contributed by atoms with van der Waals surface area (Å²) >= 11 is 0. The van der Waals surface area contributed by atoms with Gasteiger partial charge in [0.05, 0.1) is 6.61 Å². The third-order valence-electron chi connectivity index (χ3n) is 3.41. The van der Waals surface area contributed by atoms with Gasteiger partial charge in [-0.15, -0.1) is 0 Å². The Morgan fingerprint density at radius 1 is 1.33 bits per heavy atom. The highest BCUT2D eigenvalue weighted by atomic mass is 16.3. The van der Waals surface area contributed by atoms with E-state index < -0.39 is 0 Å². The molecule has 3 N–H and O–H groups in total. The highest BCUT2D eigenvalue weighted by Crippen LogP contribution is 2.23. The summed E-state index contributed by atoms with van der Waals surface area (Å²) in [5.41, 5.74) is 6.22. The molecular weight excluding hydrogens is 188 g/mol. The summed E-state index contributed by atoms with van der Waals surface area (Å²) in [4.78, 5) is 2.19. The summed E-state index contributed by atoms with van der Waals surface area (Å²) < 4.78 is 0. The molecule has 0 saturated heterocycles. The molecule has 3 heteroatoms. The van der Waals surface area contributed by atoms with Gasteiger partial charge in [-0.1, -0.05) is 27.7 Å². The average Bonchev–Trinajstić information content (AvgIpc) is 2.15. The first-order valence-corrected chi connectivity index (χ1v) is 5.84. The zero-order chi connectivity index (χ0) is 12.2. The van der Waals surface area contributed by atoms with E-state index in [-0.39, 0.29) is 24.1 Å². The molecule has 3 nitrogen and oxygen atoms in total. The Morgan fingerprint density at radius 3 is 2.07 bits per heavy atom. The molecule has 0 saturated carbocycles. The number of nitrogens with zero attached hydrogens (tertiary/aromatic N) is 1. The number of aliphatic hydroxyl groups is 1. The van der Waals surface area contributed by atoms with Gasteiger partial charge in [0, 0.05) is 18.1 Å². The summed E-state index contributed by atoms with van der Waals surface area (Å²) in [5, 5.41) is 9.45. The lowest BCUT2D eigenvalue weighted by Gasteiger charge is -2.40. The van der Waals surface area contributed by atoms with E-state index in [9.17, 15) is 5.11 Å².